The van der Waals surface area contributed by atoms with Crippen LogP contribution in [0.25, 0.3) is 0 Å². The number of imide groups is 1. The minimum Gasteiger partial charge on any atom is -0.458 e. The molecule has 9 nitrogen and oxygen atoms in total. The molecule has 1 aromatic carbocycles. The number of nitrogens with one attached hydrogen (secondary N) is 3. The highest BCUT2D eigenvalue weighted by molar-refractivity contribution is 7.89. The van der Waals surface area contributed by atoms with E-state index in [4.69, 9.17) is 4.74 Å². The minimum atomic E-state index is -3.93. The molecule has 0 unspecified atom stereocenters. The number of amides is 3. The number of hydrogen-bond donors (Lipinski definition) is 3. The maximum absolute atomic E-state index is 12.6. The van der Waals surface area contributed by atoms with Gasteiger partial charge in [0, 0.05) is 6.20 Å². The van der Waals surface area contributed by atoms with Crippen molar-refractivity contribution in [3.05, 3.63) is 48.4 Å². The van der Waals surface area contributed by atoms with E-state index in [9.17, 15) is 18.0 Å². The fraction of sp³-hybridized carbons (Fsp3) is 0.278. The Balaban J connectivity index is 2.14. The molecule has 10 heteroatoms. The number of ether oxygens (including phenoxy) is 1. The SMILES string of the molecule is C=N/C=C\C(=C/C)Oc1ccc(S(=O)(=O)N[C@H](C)[C@@]2(C)NC(=O)NC2=O)cc1. The van der Waals surface area contributed by atoms with Gasteiger partial charge in [-0.25, -0.2) is 17.9 Å². The summed E-state index contributed by atoms with van der Waals surface area (Å²) in [4.78, 5) is 26.9. The minimum absolute atomic E-state index is 0.00893. The lowest BCUT2D eigenvalue weighted by Crippen LogP contribution is -2.59. The van der Waals surface area contributed by atoms with Crippen LogP contribution in [0.5, 0.6) is 5.75 Å². The Morgan fingerprint density at radius 3 is 2.46 bits per heavy atom. The van der Waals surface area contributed by atoms with Crippen molar-refractivity contribution in [3.8, 4) is 5.75 Å². The number of carbonyl (C=O) groups excluding carboxylic acids is 2. The Morgan fingerprint density at radius 2 is 1.96 bits per heavy atom. The van der Waals surface area contributed by atoms with Gasteiger partial charge >= 0.3 is 6.03 Å². The summed E-state index contributed by atoms with van der Waals surface area (Å²) in [5.41, 5.74) is -1.39. The van der Waals surface area contributed by atoms with Gasteiger partial charge in [0.05, 0.1) is 10.9 Å². The number of carbonyl (C=O) groups is 2. The topological polar surface area (TPSA) is 126 Å². The highest BCUT2D eigenvalue weighted by atomic mass is 32.2. The van der Waals surface area contributed by atoms with Crippen LogP contribution in [-0.4, -0.2) is 38.7 Å². The molecule has 1 fully saturated rings. The number of benzene rings is 1. The van der Waals surface area contributed by atoms with Gasteiger partial charge in [-0.15, -0.1) is 0 Å². The molecular weight excluding hydrogens is 384 g/mol. The van der Waals surface area contributed by atoms with Crippen LogP contribution in [0.1, 0.15) is 20.8 Å². The lowest BCUT2D eigenvalue weighted by Gasteiger charge is -2.28. The number of sulfonamides is 1. The molecule has 0 radical (unpaired) electrons. The van der Waals surface area contributed by atoms with Gasteiger partial charge in [0.2, 0.25) is 10.0 Å². The summed E-state index contributed by atoms with van der Waals surface area (Å²) in [6, 6.07) is 4.21. The predicted octanol–water partition coefficient (Wildman–Crippen LogP) is 1.45. The standard InChI is InChI=1S/C18H22N4O5S/c1-5-13(10-11-19-4)27-14-6-8-15(9-7-14)28(25,26)22-12(2)18(3)16(23)20-17(24)21-18/h5-12,22H,4H2,1-3H3,(H2,20,21,23,24)/b11-10-,13-5+/t12-,18-/m1/s1. The first-order valence-electron chi connectivity index (χ1n) is 8.35. The largest absolute Gasteiger partial charge is 0.458 e. The van der Waals surface area contributed by atoms with Gasteiger partial charge in [-0.1, -0.05) is 0 Å². The van der Waals surface area contributed by atoms with Crippen LogP contribution < -0.4 is 20.1 Å². The molecule has 0 bridgehead atoms. The van der Waals surface area contributed by atoms with E-state index in [-0.39, 0.29) is 4.90 Å². The van der Waals surface area contributed by atoms with E-state index in [2.05, 4.69) is 27.1 Å². The highest BCUT2D eigenvalue weighted by Gasteiger charge is 2.47. The Labute approximate surface area is 163 Å². The lowest BCUT2D eigenvalue weighted by atomic mass is 9.95. The molecule has 1 aromatic rings. The third-order valence-corrected chi connectivity index (χ3v) is 5.82. The smallest absolute Gasteiger partial charge is 0.322 e. The van der Waals surface area contributed by atoms with Gasteiger partial charge < -0.3 is 10.1 Å². The number of nitrogens with zero attached hydrogens (tertiary/aromatic N) is 1. The number of allylic oxidation sites excluding steroid dienone is 2. The van der Waals surface area contributed by atoms with Crippen molar-refractivity contribution in [3.63, 3.8) is 0 Å². The van der Waals surface area contributed by atoms with E-state index in [0.29, 0.717) is 11.5 Å². The summed E-state index contributed by atoms with van der Waals surface area (Å²) >= 11 is 0. The third kappa shape index (κ3) is 4.65. The van der Waals surface area contributed by atoms with Crippen LogP contribution in [0.3, 0.4) is 0 Å². The third-order valence-electron chi connectivity index (χ3n) is 4.27. The second-order valence-corrected chi connectivity index (χ2v) is 7.93. The molecular formula is C18H22N4O5S. The van der Waals surface area contributed by atoms with Crippen molar-refractivity contribution in [2.75, 3.05) is 0 Å². The molecule has 2 atom stereocenters. The highest BCUT2D eigenvalue weighted by Crippen LogP contribution is 2.21. The quantitative estimate of drug-likeness (QED) is 0.261. The van der Waals surface area contributed by atoms with Crippen LogP contribution in [0.4, 0.5) is 4.79 Å². The van der Waals surface area contributed by atoms with Crippen LogP contribution in [-0.2, 0) is 14.8 Å². The van der Waals surface area contributed by atoms with Crippen molar-refractivity contribution in [1.82, 2.24) is 15.4 Å². The molecule has 1 aliphatic rings. The molecule has 0 spiro atoms. The summed E-state index contributed by atoms with van der Waals surface area (Å²) in [7, 11) is -3.93. The lowest BCUT2D eigenvalue weighted by molar-refractivity contribution is -0.124. The maximum Gasteiger partial charge on any atom is 0.322 e. The Hall–Kier alpha value is -2.98. The van der Waals surface area contributed by atoms with Crippen LogP contribution in [0, 0.1) is 0 Å². The molecule has 28 heavy (non-hydrogen) atoms. The monoisotopic (exact) mass is 406 g/mol. The van der Waals surface area contributed by atoms with E-state index in [1.165, 1.54) is 44.3 Å². The zero-order chi connectivity index (χ0) is 20.9. The van der Waals surface area contributed by atoms with Crippen LogP contribution in [0.15, 0.2) is 58.3 Å². The van der Waals surface area contributed by atoms with Gasteiger partial charge in [0.15, 0.2) is 0 Å². The van der Waals surface area contributed by atoms with Crippen molar-refractivity contribution in [2.24, 2.45) is 4.99 Å². The Kier molecular flexibility index (Phi) is 6.37. The summed E-state index contributed by atoms with van der Waals surface area (Å²) in [6.45, 7) is 8.06. The van der Waals surface area contributed by atoms with Gasteiger partial charge in [-0.2, -0.15) is 0 Å². The first-order chi connectivity index (χ1) is 13.1. The van der Waals surface area contributed by atoms with Crippen molar-refractivity contribution in [1.29, 1.82) is 0 Å². The summed E-state index contributed by atoms with van der Waals surface area (Å²) < 4.78 is 33.3. The van der Waals surface area contributed by atoms with E-state index >= 15 is 0 Å². The molecule has 0 aromatic heterocycles. The summed E-state index contributed by atoms with van der Waals surface area (Å²) in [6.07, 6.45) is 4.80. The van der Waals surface area contributed by atoms with Gasteiger partial charge in [-0.05, 0) is 63.9 Å². The van der Waals surface area contributed by atoms with E-state index in [0.717, 1.165) is 0 Å². The van der Waals surface area contributed by atoms with Gasteiger partial charge in [-0.3, -0.25) is 15.1 Å². The van der Waals surface area contributed by atoms with Crippen molar-refractivity contribution >= 4 is 28.7 Å². The Morgan fingerprint density at radius 1 is 1.32 bits per heavy atom. The zero-order valence-electron chi connectivity index (χ0n) is 15.7. The molecule has 1 heterocycles. The molecule has 1 aliphatic heterocycles. The fourth-order valence-corrected chi connectivity index (χ4v) is 3.75. The summed E-state index contributed by atoms with van der Waals surface area (Å²) in [5.74, 6) is 0.353. The number of rotatable bonds is 8. The average molecular weight is 406 g/mol. The first-order valence-corrected chi connectivity index (χ1v) is 9.83. The predicted molar refractivity (Wildman–Crippen MR) is 104 cm³/mol. The van der Waals surface area contributed by atoms with Crippen LogP contribution in [0.2, 0.25) is 0 Å². The number of hydrogen-bond acceptors (Lipinski definition) is 6. The second kappa shape index (κ2) is 8.36. The first kappa shape index (κ1) is 21.3. The van der Waals surface area contributed by atoms with Gasteiger partial charge in [0.25, 0.3) is 5.91 Å². The fourth-order valence-electron chi connectivity index (χ4n) is 2.42. The summed E-state index contributed by atoms with van der Waals surface area (Å²) in [5, 5.41) is 4.53. The number of urea groups is 1. The van der Waals surface area contributed by atoms with Crippen molar-refractivity contribution < 1.29 is 22.7 Å². The molecule has 0 saturated carbocycles. The molecule has 3 amide bonds. The van der Waals surface area contributed by atoms with E-state index < -0.39 is 33.5 Å². The van der Waals surface area contributed by atoms with E-state index in [1.807, 2.05) is 0 Å². The molecule has 0 aliphatic carbocycles. The second-order valence-electron chi connectivity index (χ2n) is 6.22. The zero-order valence-corrected chi connectivity index (χ0v) is 16.5. The normalized spacial score (nSPS) is 21.3. The van der Waals surface area contributed by atoms with Gasteiger partial charge in [0.1, 0.15) is 17.0 Å². The van der Waals surface area contributed by atoms with E-state index in [1.54, 1.807) is 19.1 Å². The molecule has 2 rings (SSSR count). The Bertz CT molecular complexity index is 937. The number of aliphatic imine (C=N–C) groups is 1. The van der Waals surface area contributed by atoms with Crippen LogP contribution >= 0.6 is 0 Å². The molecule has 150 valence electrons. The maximum atomic E-state index is 12.6. The van der Waals surface area contributed by atoms with Crippen molar-refractivity contribution in [2.45, 2.75) is 37.2 Å². The molecule has 3 N–H and O–H groups in total. The average Bonchev–Trinajstić information content (AvgIpc) is 2.91. The molecule has 1 saturated heterocycles.